The molecule has 0 heterocycles. The van der Waals surface area contributed by atoms with Gasteiger partial charge in [0.15, 0.2) is 0 Å². The summed E-state index contributed by atoms with van der Waals surface area (Å²) in [5, 5.41) is 3.61. The van der Waals surface area contributed by atoms with Gasteiger partial charge in [-0.15, -0.1) is 11.8 Å². The summed E-state index contributed by atoms with van der Waals surface area (Å²) in [7, 11) is 3.03. The van der Waals surface area contributed by atoms with Gasteiger partial charge >= 0.3 is 0 Å². The van der Waals surface area contributed by atoms with Crippen LogP contribution in [0.25, 0.3) is 0 Å². The Balaban J connectivity index is 2.12. The van der Waals surface area contributed by atoms with E-state index in [9.17, 15) is 4.79 Å². The van der Waals surface area contributed by atoms with Gasteiger partial charge in [-0.1, -0.05) is 23.2 Å². The van der Waals surface area contributed by atoms with Crippen LogP contribution in [0.2, 0.25) is 10.0 Å². The molecule has 1 N–H and O–H groups in total. The predicted octanol–water partition coefficient (Wildman–Crippen LogP) is 5.13. The quantitative estimate of drug-likeness (QED) is 0.700. The smallest absolute Gasteiger partial charge is 0.237 e. The van der Waals surface area contributed by atoms with E-state index in [0.29, 0.717) is 27.2 Å². The highest BCUT2D eigenvalue weighted by Crippen LogP contribution is 2.36. The number of hydrogen-bond donors (Lipinski definition) is 1. The zero-order valence-electron chi connectivity index (χ0n) is 13.4. The number of thioether (sulfide) groups is 1. The van der Waals surface area contributed by atoms with Gasteiger partial charge in [0, 0.05) is 22.1 Å². The number of amides is 1. The first kappa shape index (κ1) is 18.8. The predicted molar refractivity (Wildman–Crippen MR) is 100.0 cm³/mol. The summed E-state index contributed by atoms with van der Waals surface area (Å²) in [4.78, 5) is 13.4. The van der Waals surface area contributed by atoms with Crippen LogP contribution >= 0.6 is 35.0 Å². The highest BCUT2D eigenvalue weighted by molar-refractivity contribution is 8.00. The molecule has 0 fully saturated rings. The molecule has 24 heavy (non-hydrogen) atoms. The van der Waals surface area contributed by atoms with Crippen LogP contribution in [-0.4, -0.2) is 25.4 Å². The van der Waals surface area contributed by atoms with E-state index in [2.05, 4.69) is 5.32 Å². The molecular formula is C17H17Cl2NO3S. The van der Waals surface area contributed by atoms with Crippen LogP contribution in [0.15, 0.2) is 41.3 Å². The van der Waals surface area contributed by atoms with Gasteiger partial charge in [-0.3, -0.25) is 4.79 Å². The molecule has 1 amide bonds. The van der Waals surface area contributed by atoms with Crippen LogP contribution in [0.1, 0.15) is 6.92 Å². The number of anilines is 1. The Bertz CT molecular complexity index is 723. The van der Waals surface area contributed by atoms with Crippen molar-refractivity contribution in [3.05, 3.63) is 46.4 Å². The van der Waals surface area contributed by atoms with Gasteiger partial charge in [-0.2, -0.15) is 0 Å². The molecule has 0 aliphatic heterocycles. The molecule has 2 aromatic carbocycles. The van der Waals surface area contributed by atoms with Crippen molar-refractivity contribution in [2.45, 2.75) is 17.1 Å². The van der Waals surface area contributed by atoms with Crippen LogP contribution in [0.3, 0.4) is 0 Å². The van der Waals surface area contributed by atoms with Crippen LogP contribution in [-0.2, 0) is 4.79 Å². The van der Waals surface area contributed by atoms with E-state index in [-0.39, 0.29) is 11.2 Å². The molecule has 0 spiro atoms. The van der Waals surface area contributed by atoms with Crippen molar-refractivity contribution >= 4 is 46.6 Å². The number of rotatable bonds is 6. The summed E-state index contributed by atoms with van der Waals surface area (Å²) in [6.07, 6.45) is 0. The zero-order chi connectivity index (χ0) is 17.7. The summed E-state index contributed by atoms with van der Waals surface area (Å²) in [6.45, 7) is 1.83. The first-order chi connectivity index (χ1) is 11.4. The largest absolute Gasteiger partial charge is 0.495 e. The molecule has 4 nitrogen and oxygen atoms in total. The van der Waals surface area contributed by atoms with Crippen molar-refractivity contribution in [2.24, 2.45) is 0 Å². The fourth-order valence-corrected chi connectivity index (χ4v) is 3.19. The minimum atomic E-state index is -0.308. The third kappa shape index (κ3) is 4.72. The first-order valence-corrected chi connectivity index (χ1v) is 8.72. The Kier molecular flexibility index (Phi) is 6.66. The van der Waals surface area contributed by atoms with Crippen molar-refractivity contribution in [3.63, 3.8) is 0 Å². The van der Waals surface area contributed by atoms with Crippen LogP contribution in [0.4, 0.5) is 5.69 Å². The minimum Gasteiger partial charge on any atom is -0.495 e. The average molecular weight is 386 g/mol. The van der Waals surface area contributed by atoms with Crippen LogP contribution in [0, 0.1) is 0 Å². The van der Waals surface area contributed by atoms with Crippen LogP contribution < -0.4 is 14.8 Å². The van der Waals surface area contributed by atoms with E-state index in [1.807, 2.05) is 19.1 Å². The second-order valence-corrected chi connectivity index (χ2v) is 7.15. The van der Waals surface area contributed by atoms with Crippen molar-refractivity contribution in [2.75, 3.05) is 19.5 Å². The number of nitrogens with one attached hydrogen (secondary N) is 1. The molecule has 0 aromatic heterocycles. The summed E-state index contributed by atoms with van der Waals surface area (Å²) in [5.74, 6) is 0.779. The normalized spacial score (nSPS) is 11.7. The lowest BCUT2D eigenvalue weighted by Gasteiger charge is -2.16. The number of carbonyl (C=O) groups is 1. The molecule has 2 rings (SSSR count). The van der Waals surface area contributed by atoms with Crippen molar-refractivity contribution in [1.29, 1.82) is 0 Å². The fraction of sp³-hybridized carbons (Fsp3) is 0.235. The van der Waals surface area contributed by atoms with E-state index in [0.717, 1.165) is 4.90 Å². The second kappa shape index (κ2) is 8.51. The lowest BCUT2D eigenvalue weighted by Crippen LogP contribution is -2.22. The monoisotopic (exact) mass is 385 g/mol. The molecule has 7 heteroatoms. The summed E-state index contributed by atoms with van der Waals surface area (Å²) in [5.41, 5.74) is 0.507. The molecule has 0 radical (unpaired) electrons. The third-order valence-electron chi connectivity index (χ3n) is 3.23. The molecule has 0 bridgehead atoms. The van der Waals surface area contributed by atoms with Gasteiger partial charge < -0.3 is 14.8 Å². The number of methoxy groups -OCH3 is 2. The molecule has 1 atom stereocenters. The van der Waals surface area contributed by atoms with Gasteiger partial charge in [-0.25, -0.2) is 0 Å². The lowest BCUT2D eigenvalue weighted by atomic mass is 10.2. The van der Waals surface area contributed by atoms with Crippen LogP contribution in [0.5, 0.6) is 11.5 Å². The summed E-state index contributed by atoms with van der Waals surface area (Å²) < 4.78 is 10.4. The maximum atomic E-state index is 12.4. The topological polar surface area (TPSA) is 47.6 Å². The van der Waals surface area contributed by atoms with Crippen molar-refractivity contribution < 1.29 is 14.3 Å². The molecule has 0 saturated heterocycles. The van der Waals surface area contributed by atoms with E-state index in [1.54, 1.807) is 24.3 Å². The van der Waals surface area contributed by atoms with Gasteiger partial charge in [0.2, 0.25) is 5.91 Å². The van der Waals surface area contributed by atoms with Gasteiger partial charge in [0.1, 0.15) is 11.5 Å². The summed E-state index contributed by atoms with van der Waals surface area (Å²) in [6, 6.07) is 10.6. The number of carbonyl (C=O) groups excluding carboxylic acids is 1. The molecule has 0 aliphatic carbocycles. The van der Waals surface area contributed by atoms with Gasteiger partial charge in [-0.05, 0) is 31.2 Å². The Morgan fingerprint density at radius 3 is 2.29 bits per heavy atom. The molecular weight excluding hydrogens is 369 g/mol. The van der Waals surface area contributed by atoms with Gasteiger partial charge in [0.25, 0.3) is 0 Å². The van der Waals surface area contributed by atoms with E-state index in [4.69, 9.17) is 32.7 Å². The van der Waals surface area contributed by atoms with Crippen molar-refractivity contribution in [3.8, 4) is 11.5 Å². The lowest BCUT2D eigenvalue weighted by molar-refractivity contribution is -0.115. The van der Waals surface area contributed by atoms with E-state index < -0.39 is 0 Å². The van der Waals surface area contributed by atoms with Crippen molar-refractivity contribution in [1.82, 2.24) is 0 Å². The Morgan fingerprint density at radius 2 is 1.71 bits per heavy atom. The fourth-order valence-electron chi connectivity index (χ4n) is 1.96. The zero-order valence-corrected chi connectivity index (χ0v) is 15.8. The summed E-state index contributed by atoms with van der Waals surface area (Å²) >= 11 is 13.4. The number of benzene rings is 2. The Morgan fingerprint density at radius 1 is 1.08 bits per heavy atom. The molecule has 0 saturated carbocycles. The first-order valence-electron chi connectivity index (χ1n) is 7.09. The number of hydrogen-bond acceptors (Lipinski definition) is 4. The number of ether oxygens (including phenoxy) is 2. The standard InChI is InChI=1S/C17H17Cl2NO3S/c1-10(24-12-6-4-11(18)5-7-12)17(21)20-14-9-15(22-2)13(19)8-16(14)23-3/h4-10H,1-3H3,(H,20,21)/t10-/m0/s1. The average Bonchev–Trinajstić information content (AvgIpc) is 2.57. The molecule has 0 aliphatic rings. The maximum absolute atomic E-state index is 12.4. The van der Waals surface area contributed by atoms with E-state index in [1.165, 1.54) is 26.0 Å². The SMILES string of the molecule is COc1cc(NC(=O)[C@H](C)Sc2ccc(Cl)cc2)c(OC)cc1Cl. The minimum absolute atomic E-state index is 0.155. The Labute approximate surface area is 155 Å². The molecule has 128 valence electrons. The van der Waals surface area contributed by atoms with Gasteiger partial charge in [0.05, 0.1) is 30.2 Å². The molecule has 0 unspecified atom stereocenters. The highest BCUT2D eigenvalue weighted by Gasteiger charge is 2.18. The maximum Gasteiger partial charge on any atom is 0.237 e. The second-order valence-electron chi connectivity index (χ2n) is 4.89. The highest BCUT2D eigenvalue weighted by atomic mass is 35.5. The molecule has 2 aromatic rings. The number of halogens is 2. The third-order valence-corrected chi connectivity index (χ3v) is 4.89. The Hall–Kier alpha value is -1.56. The van der Waals surface area contributed by atoms with E-state index >= 15 is 0 Å².